The van der Waals surface area contributed by atoms with Crippen molar-refractivity contribution in [3.8, 4) is 0 Å². The number of allylic oxidation sites excluding steroid dienone is 1. The molecule has 1 N–H and O–H groups in total. The van der Waals surface area contributed by atoms with Gasteiger partial charge in [0.05, 0.1) is 12.7 Å². The third-order valence-electron chi connectivity index (χ3n) is 2.18. The number of rotatable bonds is 9. The fourth-order valence-corrected chi connectivity index (χ4v) is 1.19. The summed E-state index contributed by atoms with van der Waals surface area (Å²) in [6.45, 7) is 8.70. The number of carbonyl (C=O) groups excluding carboxylic acids is 2. The van der Waals surface area contributed by atoms with E-state index in [1.165, 1.54) is 6.08 Å². The zero-order valence-corrected chi connectivity index (χ0v) is 10.3. The normalized spacial score (nSPS) is 11.6. The average molecular weight is 240 g/mol. The van der Waals surface area contributed by atoms with E-state index in [2.05, 4.69) is 13.2 Å². The lowest BCUT2D eigenvalue weighted by Gasteiger charge is -2.08. The van der Waals surface area contributed by atoms with Crippen LogP contribution in [0.25, 0.3) is 0 Å². The Morgan fingerprint density at radius 1 is 1.41 bits per heavy atom. The lowest BCUT2D eigenvalue weighted by molar-refractivity contribution is -0.139. The number of ether oxygens (including phenoxy) is 1. The van der Waals surface area contributed by atoms with Crippen molar-refractivity contribution in [1.82, 2.24) is 0 Å². The SMILES string of the molecule is C=CC(=O)CC(O)CCCCOC(=O)C(=C)C. The van der Waals surface area contributed by atoms with Crippen LogP contribution in [-0.4, -0.2) is 29.6 Å². The molecule has 0 aromatic heterocycles. The fourth-order valence-electron chi connectivity index (χ4n) is 1.19. The summed E-state index contributed by atoms with van der Waals surface area (Å²) < 4.78 is 4.88. The molecule has 0 aromatic rings. The molecule has 0 saturated carbocycles. The van der Waals surface area contributed by atoms with Crippen LogP contribution in [0.2, 0.25) is 0 Å². The fraction of sp³-hybridized carbons (Fsp3) is 0.538. The summed E-state index contributed by atoms with van der Waals surface area (Å²) in [7, 11) is 0. The Morgan fingerprint density at radius 3 is 2.59 bits per heavy atom. The topological polar surface area (TPSA) is 63.6 Å². The number of aliphatic hydroxyl groups excluding tert-OH is 1. The van der Waals surface area contributed by atoms with Crippen LogP contribution in [0, 0.1) is 0 Å². The zero-order valence-electron chi connectivity index (χ0n) is 10.3. The van der Waals surface area contributed by atoms with Crippen LogP contribution in [-0.2, 0) is 14.3 Å². The van der Waals surface area contributed by atoms with Gasteiger partial charge in [0.1, 0.15) is 0 Å². The van der Waals surface area contributed by atoms with E-state index in [1.807, 2.05) is 0 Å². The van der Waals surface area contributed by atoms with Gasteiger partial charge in [-0.25, -0.2) is 4.79 Å². The molecule has 1 atom stereocenters. The molecule has 0 aliphatic rings. The van der Waals surface area contributed by atoms with Crippen LogP contribution >= 0.6 is 0 Å². The number of ketones is 1. The van der Waals surface area contributed by atoms with Crippen LogP contribution in [0.15, 0.2) is 24.8 Å². The molecule has 0 rings (SSSR count). The van der Waals surface area contributed by atoms with Crippen molar-refractivity contribution in [1.29, 1.82) is 0 Å². The van der Waals surface area contributed by atoms with Gasteiger partial charge in [0, 0.05) is 12.0 Å². The Kier molecular flexibility index (Phi) is 7.97. The molecule has 0 aliphatic carbocycles. The number of hydrogen-bond donors (Lipinski definition) is 1. The molecule has 17 heavy (non-hydrogen) atoms. The minimum absolute atomic E-state index is 0.106. The molecule has 96 valence electrons. The van der Waals surface area contributed by atoms with E-state index < -0.39 is 12.1 Å². The molecule has 0 amide bonds. The van der Waals surface area contributed by atoms with Gasteiger partial charge < -0.3 is 9.84 Å². The van der Waals surface area contributed by atoms with Gasteiger partial charge in [0.25, 0.3) is 0 Å². The molecule has 0 aliphatic heterocycles. The van der Waals surface area contributed by atoms with E-state index >= 15 is 0 Å². The smallest absolute Gasteiger partial charge is 0.333 e. The van der Waals surface area contributed by atoms with Crippen molar-refractivity contribution < 1.29 is 19.4 Å². The van der Waals surface area contributed by atoms with E-state index in [1.54, 1.807) is 6.92 Å². The first kappa shape index (κ1) is 15.6. The van der Waals surface area contributed by atoms with Gasteiger partial charge in [0.2, 0.25) is 0 Å². The van der Waals surface area contributed by atoms with E-state index in [4.69, 9.17) is 4.74 Å². The molecule has 4 nitrogen and oxygen atoms in total. The van der Waals surface area contributed by atoms with Gasteiger partial charge in [-0.2, -0.15) is 0 Å². The van der Waals surface area contributed by atoms with Crippen molar-refractivity contribution >= 4 is 11.8 Å². The number of carbonyl (C=O) groups is 2. The summed E-state index contributed by atoms with van der Waals surface area (Å²) >= 11 is 0. The molecule has 0 radical (unpaired) electrons. The quantitative estimate of drug-likeness (QED) is 0.379. The maximum absolute atomic E-state index is 11.0. The van der Waals surface area contributed by atoms with E-state index in [0.717, 1.165) is 0 Å². The number of hydrogen-bond acceptors (Lipinski definition) is 4. The maximum atomic E-state index is 11.0. The van der Waals surface area contributed by atoms with Gasteiger partial charge in [-0.05, 0) is 32.3 Å². The summed E-state index contributed by atoms with van der Waals surface area (Å²) in [5.41, 5.74) is 0.376. The third kappa shape index (κ3) is 8.39. The summed E-state index contributed by atoms with van der Waals surface area (Å²) in [4.78, 5) is 21.9. The van der Waals surface area contributed by atoms with Crippen molar-refractivity contribution in [3.05, 3.63) is 24.8 Å². The molecule has 0 fully saturated rings. The Morgan fingerprint density at radius 2 is 2.06 bits per heavy atom. The first-order valence-corrected chi connectivity index (χ1v) is 5.63. The Labute approximate surface area is 102 Å². The van der Waals surface area contributed by atoms with Crippen LogP contribution < -0.4 is 0 Å². The molecule has 1 unspecified atom stereocenters. The highest BCUT2D eigenvalue weighted by Crippen LogP contribution is 2.06. The van der Waals surface area contributed by atoms with Crippen molar-refractivity contribution in [2.24, 2.45) is 0 Å². The molecular formula is C13H20O4. The molecule has 0 heterocycles. The predicted molar refractivity (Wildman–Crippen MR) is 65.5 cm³/mol. The van der Waals surface area contributed by atoms with Crippen molar-refractivity contribution in [3.63, 3.8) is 0 Å². The van der Waals surface area contributed by atoms with E-state index in [0.29, 0.717) is 31.4 Å². The van der Waals surface area contributed by atoms with Gasteiger partial charge in [-0.15, -0.1) is 0 Å². The second kappa shape index (κ2) is 8.70. The first-order chi connectivity index (χ1) is 7.97. The van der Waals surface area contributed by atoms with E-state index in [9.17, 15) is 14.7 Å². The van der Waals surface area contributed by atoms with Gasteiger partial charge >= 0.3 is 5.97 Å². The predicted octanol–water partition coefficient (Wildman–Crippen LogP) is 1.78. The standard InChI is InChI=1S/C13H20O4/c1-4-11(14)9-12(15)7-5-6-8-17-13(16)10(2)3/h4,12,15H,1-2,5-9H2,3H3. The van der Waals surface area contributed by atoms with Gasteiger partial charge in [0.15, 0.2) is 5.78 Å². The summed E-state index contributed by atoms with van der Waals surface area (Å²) in [5.74, 6) is -0.557. The van der Waals surface area contributed by atoms with Crippen LogP contribution in [0.1, 0.15) is 32.6 Å². The monoisotopic (exact) mass is 240 g/mol. The van der Waals surface area contributed by atoms with Crippen molar-refractivity contribution in [2.75, 3.05) is 6.61 Å². The second-order valence-corrected chi connectivity index (χ2v) is 3.94. The lowest BCUT2D eigenvalue weighted by Crippen LogP contribution is -2.12. The zero-order chi connectivity index (χ0) is 13.3. The number of aliphatic hydroxyl groups is 1. The molecule has 0 saturated heterocycles. The summed E-state index contributed by atoms with van der Waals surface area (Å²) in [6.07, 6.45) is 2.56. The maximum Gasteiger partial charge on any atom is 0.333 e. The van der Waals surface area contributed by atoms with Gasteiger partial charge in [-0.1, -0.05) is 13.2 Å². The molecule has 4 heteroatoms. The number of esters is 1. The van der Waals surface area contributed by atoms with E-state index in [-0.39, 0.29) is 12.2 Å². The minimum Gasteiger partial charge on any atom is -0.462 e. The van der Waals surface area contributed by atoms with Crippen LogP contribution in [0.5, 0.6) is 0 Å². The minimum atomic E-state index is -0.641. The highest BCUT2D eigenvalue weighted by atomic mass is 16.5. The first-order valence-electron chi connectivity index (χ1n) is 5.63. The molecular weight excluding hydrogens is 220 g/mol. The summed E-state index contributed by atoms with van der Waals surface area (Å²) in [5, 5.41) is 9.46. The van der Waals surface area contributed by atoms with Crippen LogP contribution in [0.4, 0.5) is 0 Å². The largest absolute Gasteiger partial charge is 0.462 e. The third-order valence-corrected chi connectivity index (χ3v) is 2.18. The van der Waals surface area contributed by atoms with Crippen LogP contribution in [0.3, 0.4) is 0 Å². The average Bonchev–Trinajstić information content (AvgIpc) is 2.27. The Hall–Kier alpha value is -1.42. The number of unbranched alkanes of at least 4 members (excludes halogenated alkanes) is 1. The molecule has 0 bridgehead atoms. The molecule has 0 aromatic carbocycles. The molecule has 0 spiro atoms. The Bertz CT molecular complexity index is 294. The lowest BCUT2D eigenvalue weighted by atomic mass is 10.1. The summed E-state index contributed by atoms with van der Waals surface area (Å²) in [6, 6.07) is 0. The Balaban J connectivity index is 3.51. The second-order valence-electron chi connectivity index (χ2n) is 3.94. The highest BCUT2D eigenvalue weighted by molar-refractivity contribution is 5.89. The van der Waals surface area contributed by atoms with Gasteiger partial charge in [-0.3, -0.25) is 4.79 Å². The van der Waals surface area contributed by atoms with Crippen molar-refractivity contribution in [2.45, 2.75) is 38.7 Å². The highest BCUT2D eigenvalue weighted by Gasteiger charge is 2.08.